The molecule has 2 atom stereocenters. The van der Waals surface area contributed by atoms with Gasteiger partial charge in [-0.15, -0.1) is 0 Å². The van der Waals surface area contributed by atoms with E-state index in [1.165, 1.54) is 89.9 Å². The lowest BCUT2D eigenvalue weighted by atomic mass is 10.0. The van der Waals surface area contributed by atoms with Gasteiger partial charge in [0.05, 0.1) is 12.1 Å². The highest BCUT2D eigenvalue weighted by atomic mass is 15.3. The summed E-state index contributed by atoms with van der Waals surface area (Å²) in [5.41, 5.74) is 17.2. The maximum absolute atomic E-state index is 8.61. The average molecular weight is 378 g/mol. The molecule has 0 N–H and O–H groups in total. The molecule has 1 saturated heterocycles. The van der Waals surface area contributed by atoms with Crippen molar-refractivity contribution in [2.45, 2.75) is 109 Å². The molecule has 1 aliphatic rings. The molecule has 0 radical (unpaired) electrons. The van der Waals surface area contributed by atoms with Gasteiger partial charge in [-0.2, -0.15) is 0 Å². The molecule has 0 bridgehead atoms. The van der Waals surface area contributed by atoms with Crippen molar-refractivity contribution in [3.63, 3.8) is 0 Å². The third-order valence-electron chi connectivity index (χ3n) is 5.56. The van der Waals surface area contributed by atoms with E-state index in [1.54, 1.807) is 0 Å². The van der Waals surface area contributed by atoms with Gasteiger partial charge in [-0.1, -0.05) is 101 Å². The summed E-state index contributed by atoms with van der Waals surface area (Å²) in [4.78, 5) is 8.01. The second-order valence-corrected chi connectivity index (χ2v) is 7.90. The number of likely N-dealkylation sites (tertiary alicyclic amines) is 1. The van der Waals surface area contributed by atoms with Gasteiger partial charge in [-0.05, 0) is 24.0 Å². The summed E-state index contributed by atoms with van der Waals surface area (Å²) >= 11 is 0. The van der Waals surface area contributed by atoms with Crippen molar-refractivity contribution in [1.29, 1.82) is 0 Å². The second kappa shape index (κ2) is 16.7. The van der Waals surface area contributed by atoms with Crippen LogP contribution in [-0.4, -0.2) is 36.6 Å². The third-order valence-corrected chi connectivity index (χ3v) is 5.56. The topological polar surface area (TPSA) is 101 Å². The van der Waals surface area contributed by atoms with Crippen LogP contribution in [0.4, 0.5) is 0 Å². The minimum Gasteiger partial charge on any atom is -0.302 e. The number of unbranched alkanes of at least 4 members (excludes halogenated alkanes) is 13. The Labute approximate surface area is 165 Å². The first-order chi connectivity index (χ1) is 13.3. The van der Waals surface area contributed by atoms with E-state index < -0.39 is 0 Å². The number of nitrogens with zero attached hydrogens (tertiary/aromatic N) is 7. The molecule has 0 aromatic rings. The van der Waals surface area contributed by atoms with Gasteiger partial charge in [0.15, 0.2) is 0 Å². The van der Waals surface area contributed by atoms with E-state index in [4.69, 9.17) is 11.1 Å². The molecule has 0 spiro atoms. The lowest BCUT2D eigenvalue weighted by Gasteiger charge is -2.14. The van der Waals surface area contributed by atoms with E-state index >= 15 is 0 Å². The van der Waals surface area contributed by atoms with Gasteiger partial charge < -0.3 is 4.90 Å². The maximum Gasteiger partial charge on any atom is 0.0597 e. The van der Waals surface area contributed by atoms with Crippen LogP contribution in [0.3, 0.4) is 0 Å². The zero-order valence-electron chi connectivity index (χ0n) is 17.3. The third kappa shape index (κ3) is 11.8. The maximum atomic E-state index is 8.61. The van der Waals surface area contributed by atoms with Crippen LogP contribution in [0.5, 0.6) is 0 Å². The molecule has 1 heterocycles. The van der Waals surface area contributed by atoms with Crippen molar-refractivity contribution < 1.29 is 0 Å². The zero-order chi connectivity index (χ0) is 19.6. The Balaban J connectivity index is 1.90. The summed E-state index contributed by atoms with van der Waals surface area (Å²) in [5.74, 6) is 0. The van der Waals surface area contributed by atoms with E-state index in [9.17, 15) is 0 Å². The van der Waals surface area contributed by atoms with Crippen molar-refractivity contribution in [2.75, 3.05) is 19.6 Å². The molecule has 0 aromatic heterocycles. The minimum absolute atomic E-state index is 0.211. The van der Waals surface area contributed by atoms with E-state index in [-0.39, 0.29) is 12.1 Å². The van der Waals surface area contributed by atoms with E-state index in [2.05, 4.69) is 31.9 Å². The lowest BCUT2D eigenvalue weighted by Crippen LogP contribution is -2.22. The Kier molecular flexibility index (Phi) is 14.6. The molecule has 0 amide bonds. The molecule has 1 aliphatic heterocycles. The Bertz CT molecular complexity index is 429. The molecule has 1 fully saturated rings. The standard InChI is InChI=1S/C20H39N7/c1-2-3-4-5-6-7-8-9-10-11-12-13-14-15-16-27-17-19(23-25-21)20(18-27)24-26-22/h19-20H,2-18H2,1H3/t19-,20-/m0/s1. The number of hydrogen-bond donors (Lipinski definition) is 0. The zero-order valence-corrected chi connectivity index (χ0v) is 17.3. The summed E-state index contributed by atoms with van der Waals surface area (Å²) < 4.78 is 0. The summed E-state index contributed by atoms with van der Waals surface area (Å²) in [6.07, 6.45) is 19.1. The van der Waals surface area contributed by atoms with Crippen LogP contribution in [0, 0.1) is 0 Å². The largest absolute Gasteiger partial charge is 0.302 e. The fourth-order valence-electron chi connectivity index (χ4n) is 3.92. The first-order valence-corrected chi connectivity index (χ1v) is 11.1. The van der Waals surface area contributed by atoms with E-state index in [1.807, 2.05) is 0 Å². The van der Waals surface area contributed by atoms with Gasteiger partial charge in [0, 0.05) is 22.9 Å². The summed E-state index contributed by atoms with van der Waals surface area (Å²) in [5, 5.41) is 7.53. The Morgan fingerprint density at radius 3 is 1.41 bits per heavy atom. The molecule has 0 unspecified atom stereocenters. The molecular weight excluding hydrogens is 338 g/mol. The van der Waals surface area contributed by atoms with E-state index in [0.29, 0.717) is 13.1 Å². The van der Waals surface area contributed by atoms with Gasteiger partial charge in [0.25, 0.3) is 0 Å². The highest BCUT2D eigenvalue weighted by Crippen LogP contribution is 2.18. The molecule has 154 valence electrons. The Morgan fingerprint density at radius 1 is 0.667 bits per heavy atom. The van der Waals surface area contributed by atoms with Crippen molar-refractivity contribution in [2.24, 2.45) is 10.2 Å². The smallest absolute Gasteiger partial charge is 0.0597 e. The molecule has 1 rings (SSSR count). The number of rotatable bonds is 17. The first kappa shape index (κ1) is 23.6. The Hall–Kier alpha value is -1.42. The summed E-state index contributed by atoms with van der Waals surface area (Å²) in [6.45, 7) is 4.71. The predicted octanol–water partition coefficient (Wildman–Crippen LogP) is 7.14. The second-order valence-electron chi connectivity index (χ2n) is 7.90. The van der Waals surface area contributed by atoms with E-state index in [0.717, 1.165) is 6.54 Å². The summed E-state index contributed by atoms with van der Waals surface area (Å²) in [6, 6.07) is -0.421. The SMILES string of the molecule is CCCCCCCCCCCCCCCCN1C[C@H](N=[N+]=[N-])[C@@H](N=[N+]=[N-])C1. The van der Waals surface area contributed by atoms with Crippen LogP contribution >= 0.6 is 0 Å². The van der Waals surface area contributed by atoms with Crippen LogP contribution in [0.1, 0.15) is 96.8 Å². The predicted molar refractivity (Wildman–Crippen MR) is 113 cm³/mol. The van der Waals surface area contributed by atoms with Crippen molar-refractivity contribution in [3.05, 3.63) is 20.9 Å². The van der Waals surface area contributed by atoms with Crippen LogP contribution in [0.15, 0.2) is 10.2 Å². The fourth-order valence-corrected chi connectivity index (χ4v) is 3.92. The van der Waals surface area contributed by atoms with Gasteiger partial charge in [0.1, 0.15) is 0 Å². The first-order valence-electron chi connectivity index (χ1n) is 11.1. The fraction of sp³-hybridized carbons (Fsp3) is 1.00. The monoisotopic (exact) mass is 377 g/mol. The molecule has 27 heavy (non-hydrogen) atoms. The highest BCUT2D eigenvalue weighted by molar-refractivity contribution is 4.94. The van der Waals surface area contributed by atoms with Crippen LogP contribution in [0.2, 0.25) is 0 Å². The average Bonchev–Trinajstić information content (AvgIpc) is 3.04. The number of hydrogen-bond acceptors (Lipinski definition) is 3. The molecular formula is C20H39N7. The molecule has 0 aliphatic carbocycles. The van der Waals surface area contributed by atoms with Gasteiger partial charge in [-0.25, -0.2) is 0 Å². The molecule has 0 aromatic carbocycles. The van der Waals surface area contributed by atoms with Crippen molar-refractivity contribution in [3.8, 4) is 0 Å². The van der Waals surface area contributed by atoms with Crippen molar-refractivity contribution in [1.82, 2.24) is 4.90 Å². The minimum atomic E-state index is -0.211. The molecule has 7 nitrogen and oxygen atoms in total. The normalized spacial score (nSPS) is 19.6. The highest BCUT2D eigenvalue weighted by Gasteiger charge is 2.30. The Morgan fingerprint density at radius 2 is 1.04 bits per heavy atom. The quantitative estimate of drug-likeness (QED) is 0.114. The summed E-state index contributed by atoms with van der Waals surface area (Å²) in [7, 11) is 0. The van der Waals surface area contributed by atoms with Crippen molar-refractivity contribution >= 4 is 0 Å². The number of azide groups is 2. The van der Waals surface area contributed by atoms with Gasteiger partial charge in [-0.3, -0.25) is 0 Å². The van der Waals surface area contributed by atoms with Crippen LogP contribution in [0.25, 0.3) is 20.9 Å². The van der Waals surface area contributed by atoms with Gasteiger partial charge in [0.2, 0.25) is 0 Å². The molecule has 0 saturated carbocycles. The van der Waals surface area contributed by atoms with Gasteiger partial charge >= 0.3 is 0 Å². The van der Waals surface area contributed by atoms with Crippen LogP contribution in [-0.2, 0) is 0 Å². The van der Waals surface area contributed by atoms with Crippen LogP contribution < -0.4 is 0 Å². The molecule has 7 heteroatoms. The lowest BCUT2D eigenvalue weighted by molar-refractivity contribution is 0.320.